The number of halogens is 1. The fourth-order valence-corrected chi connectivity index (χ4v) is 4.28. The van der Waals surface area contributed by atoms with E-state index in [1.165, 1.54) is 0 Å². The molecule has 1 atom stereocenters. The van der Waals surface area contributed by atoms with E-state index >= 15 is 0 Å². The number of carbonyl (C=O) groups is 2. The Morgan fingerprint density at radius 2 is 2.03 bits per heavy atom. The number of aromatic nitrogens is 2. The summed E-state index contributed by atoms with van der Waals surface area (Å²) in [5.41, 5.74) is 2.29. The zero-order valence-electron chi connectivity index (χ0n) is 20.7. The lowest BCUT2D eigenvalue weighted by molar-refractivity contribution is -0.139. The van der Waals surface area contributed by atoms with Gasteiger partial charge in [0.1, 0.15) is 12.3 Å². The Morgan fingerprint density at radius 3 is 2.69 bits per heavy atom. The quantitative estimate of drug-likeness (QED) is 0.447. The molecule has 2 heterocycles. The molecule has 4 rings (SSSR count). The molecule has 0 unspecified atom stereocenters. The Kier molecular flexibility index (Phi) is 8.28. The molecule has 1 saturated heterocycles. The van der Waals surface area contributed by atoms with Gasteiger partial charge in [-0.2, -0.15) is 0 Å². The first-order valence-corrected chi connectivity index (χ1v) is 12.4. The lowest BCUT2D eigenvalue weighted by atomic mass is 10.1. The number of anilines is 1. The van der Waals surface area contributed by atoms with Gasteiger partial charge in [-0.1, -0.05) is 43.6 Å². The molecule has 1 aromatic heterocycles. The van der Waals surface area contributed by atoms with Crippen LogP contribution in [0.15, 0.2) is 54.7 Å². The molecule has 190 valence electrons. The topological polar surface area (TPSA) is 85.7 Å². The summed E-state index contributed by atoms with van der Waals surface area (Å²) in [6.07, 6.45) is 3.65. The molecule has 1 aliphatic rings. The highest BCUT2D eigenvalue weighted by atomic mass is 35.5. The van der Waals surface area contributed by atoms with Crippen molar-refractivity contribution in [2.75, 3.05) is 32.1 Å². The van der Waals surface area contributed by atoms with Gasteiger partial charge in [-0.05, 0) is 37.1 Å². The Hall–Kier alpha value is -3.36. The van der Waals surface area contributed by atoms with E-state index in [2.05, 4.69) is 5.32 Å². The maximum absolute atomic E-state index is 13.2. The van der Waals surface area contributed by atoms with Crippen LogP contribution in [0.1, 0.15) is 26.7 Å². The van der Waals surface area contributed by atoms with Crippen LogP contribution in [0, 0.1) is 5.92 Å². The molecule has 3 aromatic rings. The van der Waals surface area contributed by atoms with Crippen molar-refractivity contribution >= 4 is 29.4 Å². The van der Waals surface area contributed by atoms with Crippen LogP contribution in [0.5, 0.6) is 5.75 Å². The minimum atomic E-state index is -0.334. The number of hydrogen-bond acceptors (Lipinski definition) is 5. The van der Waals surface area contributed by atoms with E-state index in [1.807, 2.05) is 56.4 Å². The fourth-order valence-electron chi connectivity index (χ4n) is 4.15. The van der Waals surface area contributed by atoms with Gasteiger partial charge in [-0.25, -0.2) is 4.98 Å². The number of methoxy groups -OCH3 is 1. The summed E-state index contributed by atoms with van der Waals surface area (Å²) in [6, 6.07) is 14.8. The predicted molar refractivity (Wildman–Crippen MR) is 140 cm³/mol. The third kappa shape index (κ3) is 6.25. The van der Waals surface area contributed by atoms with Gasteiger partial charge in [0.2, 0.25) is 17.8 Å². The molecule has 0 spiro atoms. The van der Waals surface area contributed by atoms with Crippen molar-refractivity contribution in [1.82, 2.24) is 14.5 Å². The summed E-state index contributed by atoms with van der Waals surface area (Å²) in [5.74, 6) is 0.372. The Bertz CT molecular complexity index is 1200. The number of hydrogen-bond donors (Lipinski definition) is 1. The van der Waals surface area contributed by atoms with Crippen molar-refractivity contribution in [2.24, 2.45) is 5.92 Å². The molecule has 0 saturated carbocycles. The van der Waals surface area contributed by atoms with Gasteiger partial charge in [-0.3, -0.25) is 19.5 Å². The summed E-state index contributed by atoms with van der Waals surface area (Å²) in [6.45, 7) is 4.65. The van der Waals surface area contributed by atoms with E-state index in [9.17, 15) is 9.59 Å². The van der Waals surface area contributed by atoms with Gasteiger partial charge in [0.25, 0.3) is 0 Å². The molecular formula is C27H31ClN4O4. The molecule has 9 heteroatoms. The van der Waals surface area contributed by atoms with Crippen molar-refractivity contribution in [2.45, 2.75) is 32.8 Å². The number of amides is 2. The highest BCUT2D eigenvalue weighted by Crippen LogP contribution is 2.27. The zero-order valence-corrected chi connectivity index (χ0v) is 21.5. The Balaban J connectivity index is 1.61. The summed E-state index contributed by atoms with van der Waals surface area (Å²) < 4.78 is 12.9. The van der Waals surface area contributed by atoms with Crippen LogP contribution in [0.4, 0.5) is 5.95 Å². The largest absolute Gasteiger partial charge is 0.497 e. The summed E-state index contributed by atoms with van der Waals surface area (Å²) in [4.78, 5) is 32.3. The van der Waals surface area contributed by atoms with E-state index in [1.54, 1.807) is 28.7 Å². The molecule has 0 radical (unpaired) electrons. The second-order valence-corrected chi connectivity index (χ2v) is 9.52. The molecule has 1 N–H and O–H groups in total. The van der Waals surface area contributed by atoms with Crippen molar-refractivity contribution in [3.63, 3.8) is 0 Å². The number of nitrogens with zero attached hydrogens (tertiary/aromatic N) is 3. The number of carbonyl (C=O) groups excluding carboxylic acids is 2. The third-order valence-electron chi connectivity index (χ3n) is 6.02. The van der Waals surface area contributed by atoms with Gasteiger partial charge in [0.15, 0.2) is 0 Å². The molecule has 8 nitrogen and oxygen atoms in total. The van der Waals surface area contributed by atoms with E-state index in [4.69, 9.17) is 26.1 Å². The number of ether oxygens (including phenoxy) is 2. The second kappa shape index (κ2) is 11.6. The zero-order chi connectivity index (χ0) is 25.7. The van der Waals surface area contributed by atoms with Crippen LogP contribution in [0.3, 0.4) is 0 Å². The fraction of sp³-hybridized carbons (Fsp3) is 0.370. The van der Waals surface area contributed by atoms with Gasteiger partial charge in [0.05, 0.1) is 24.6 Å². The maximum Gasteiger partial charge on any atom is 0.246 e. The molecule has 1 aliphatic heterocycles. The number of benzene rings is 2. The molecule has 0 aliphatic carbocycles. The summed E-state index contributed by atoms with van der Waals surface area (Å²) in [7, 11) is 1.60. The van der Waals surface area contributed by atoms with Crippen molar-refractivity contribution < 1.29 is 19.1 Å². The molecule has 2 aromatic carbocycles. The highest BCUT2D eigenvalue weighted by Gasteiger charge is 2.26. The summed E-state index contributed by atoms with van der Waals surface area (Å²) in [5, 5.41) is 3.53. The van der Waals surface area contributed by atoms with Crippen molar-refractivity contribution in [3.05, 3.63) is 59.8 Å². The van der Waals surface area contributed by atoms with Crippen LogP contribution in [0.2, 0.25) is 5.02 Å². The summed E-state index contributed by atoms with van der Waals surface area (Å²) >= 11 is 6.05. The van der Waals surface area contributed by atoms with Crippen LogP contribution in [0.25, 0.3) is 16.9 Å². The van der Waals surface area contributed by atoms with E-state index < -0.39 is 0 Å². The van der Waals surface area contributed by atoms with E-state index in [-0.39, 0.29) is 30.4 Å². The monoisotopic (exact) mass is 510 g/mol. The SMILES string of the molecule is COc1cccc(-n2cc(-c3ccc(Cl)cc3)nc2NC(=O)CN(C[C@@H]2CCCO2)C(=O)C(C)C)c1. The van der Waals surface area contributed by atoms with Crippen LogP contribution < -0.4 is 10.1 Å². The average Bonchev–Trinajstić information content (AvgIpc) is 3.53. The van der Waals surface area contributed by atoms with Crippen molar-refractivity contribution in [3.8, 4) is 22.7 Å². The van der Waals surface area contributed by atoms with Gasteiger partial charge in [0, 0.05) is 41.9 Å². The minimum absolute atomic E-state index is 0.0456. The standard InChI is InChI=1S/C27H31ClN4O4/c1-18(2)26(34)31(15-23-8-5-13-36-23)17-25(33)30-27-29-24(19-9-11-20(28)12-10-19)16-32(27)21-6-4-7-22(14-21)35-3/h4,6-7,9-12,14,16,18,23H,5,8,13,15,17H2,1-3H3,(H,29,30,33)/t23-/m0/s1. The predicted octanol–water partition coefficient (Wildman–Crippen LogP) is 4.80. The average molecular weight is 511 g/mol. The van der Waals surface area contributed by atoms with Crippen LogP contribution >= 0.6 is 11.6 Å². The lowest BCUT2D eigenvalue weighted by Gasteiger charge is -2.26. The molecular weight excluding hydrogens is 480 g/mol. The smallest absolute Gasteiger partial charge is 0.246 e. The molecule has 1 fully saturated rings. The highest BCUT2D eigenvalue weighted by molar-refractivity contribution is 6.30. The van der Waals surface area contributed by atoms with E-state index in [0.29, 0.717) is 35.6 Å². The van der Waals surface area contributed by atoms with Crippen LogP contribution in [-0.4, -0.2) is 59.2 Å². The third-order valence-corrected chi connectivity index (χ3v) is 6.27. The Labute approximate surface area is 216 Å². The number of imidazole rings is 1. The molecule has 36 heavy (non-hydrogen) atoms. The molecule has 2 amide bonds. The minimum Gasteiger partial charge on any atom is -0.497 e. The van der Waals surface area contributed by atoms with E-state index in [0.717, 1.165) is 24.1 Å². The normalized spacial score (nSPS) is 15.2. The first-order valence-electron chi connectivity index (χ1n) is 12.0. The number of rotatable bonds is 9. The first kappa shape index (κ1) is 25.7. The van der Waals surface area contributed by atoms with Crippen LogP contribution in [-0.2, 0) is 14.3 Å². The van der Waals surface area contributed by atoms with Gasteiger partial charge < -0.3 is 14.4 Å². The lowest BCUT2D eigenvalue weighted by Crippen LogP contribution is -2.44. The van der Waals surface area contributed by atoms with Gasteiger partial charge in [-0.15, -0.1) is 0 Å². The maximum atomic E-state index is 13.2. The van der Waals surface area contributed by atoms with Gasteiger partial charge >= 0.3 is 0 Å². The first-order chi connectivity index (χ1) is 17.3. The number of nitrogens with one attached hydrogen (secondary N) is 1. The second-order valence-electron chi connectivity index (χ2n) is 9.08. The molecule has 0 bridgehead atoms. The Morgan fingerprint density at radius 1 is 1.25 bits per heavy atom. The van der Waals surface area contributed by atoms with Crippen molar-refractivity contribution in [1.29, 1.82) is 0 Å².